The number of hydrogen-bond donors (Lipinski definition) is 2. The van der Waals surface area contributed by atoms with Gasteiger partial charge in [0.05, 0.1) is 22.8 Å². The molecule has 0 aromatic heterocycles. The Balaban J connectivity index is 2.08. The van der Waals surface area contributed by atoms with Crippen molar-refractivity contribution < 1.29 is 17.6 Å². The van der Waals surface area contributed by atoms with Gasteiger partial charge in [0.1, 0.15) is 15.7 Å². The summed E-state index contributed by atoms with van der Waals surface area (Å²) in [5.41, 5.74) is 5.57. The Morgan fingerprint density at radius 1 is 1.35 bits per heavy atom. The lowest BCUT2D eigenvalue weighted by molar-refractivity contribution is 0.0933. The van der Waals surface area contributed by atoms with Crippen molar-refractivity contribution in [3.8, 4) is 0 Å². The first kappa shape index (κ1) is 15.2. The van der Waals surface area contributed by atoms with Gasteiger partial charge in [-0.1, -0.05) is 0 Å². The lowest BCUT2D eigenvalue weighted by Crippen LogP contribution is -2.41. The van der Waals surface area contributed by atoms with E-state index in [1.54, 1.807) is 0 Å². The zero-order valence-corrected chi connectivity index (χ0v) is 12.9. The predicted octanol–water partition coefficient (Wildman–Crippen LogP) is 1.48. The monoisotopic (exact) mass is 364 g/mol. The van der Waals surface area contributed by atoms with E-state index < -0.39 is 21.6 Å². The van der Waals surface area contributed by atoms with Crippen molar-refractivity contribution in [3.05, 3.63) is 28.0 Å². The molecule has 0 saturated carbocycles. The van der Waals surface area contributed by atoms with Gasteiger partial charge >= 0.3 is 0 Å². The Kier molecular flexibility index (Phi) is 4.33. The second-order valence-corrected chi connectivity index (χ2v) is 7.91. The molecule has 1 amide bonds. The van der Waals surface area contributed by atoms with Gasteiger partial charge in [-0.2, -0.15) is 0 Å². The Bertz CT molecular complexity index is 634. The van der Waals surface area contributed by atoms with Crippen molar-refractivity contribution in [1.29, 1.82) is 0 Å². The molecule has 8 heteroatoms. The molecule has 0 atom stereocenters. The number of nitrogens with two attached hydrogens (primary N) is 1. The summed E-state index contributed by atoms with van der Waals surface area (Å²) in [6.07, 6.45) is 0.782. The summed E-state index contributed by atoms with van der Waals surface area (Å²) in [7, 11) is -2.97. The van der Waals surface area contributed by atoms with E-state index in [-0.39, 0.29) is 28.8 Å². The summed E-state index contributed by atoms with van der Waals surface area (Å²) < 4.78 is 36.1. The molecule has 1 saturated heterocycles. The number of carbonyl (C=O) groups is 1. The van der Waals surface area contributed by atoms with Gasteiger partial charge in [-0.05, 0) is 40.9 Å². The molecule has 0 unspecified atom stereocenters. The molecule has 0 bridgehead atoms. The van der Waals surface area contributed by atoms with Crippen LogP contribution < -0.4 is 11.1 Å². The molecule has 0 spiro atoms. The van der Waals surface area contributed by atoms with Crippen LogP contribution in [0.2, 0.25) is 0 Å². The highest BCUT2D eigenvalue weighted by Crippen LogP contribution is 2.23. The first-order chi connectivity index (χ1) is 9.28. The van der Waals surface area contributed by atoms with E-state index in [0.717, 1.165) is 6.07 Å². The van der Waals surface area contributed by atoms with Gasteiger partial charge < -0.3 is 11.1 Å². The third-order valence-corrected chi connectivity index (χ3v) is 5.59. The lowest BCUT2D eigenvalue weighted by atomic mass is 10.1. The Morgan fingerprint density at radius 3 is 2.55 bits per heavy atom. The number of nitrogen functional groups attached to an aromatic ring is 1. The standard InChI is InChI=1S/C12H14BrFN2O3S/c13-9-6-10(14)11(15)5-8(9)12(17)16-7-1-3-20(18,19)4-2-7/h5-7H,1-4,15H2,(H,16,17). The molecule has 1 aliphatic rings. The Morgan fingerprint density at radius 2 is 1.95 bits per heavy atom. The SMILES string of the molecule is Nc1cc(C(=O)NC2CCS(=O)(=O)CC2)c(Br)cc1F. The molecule has 1 aliphatic heterocycles. The predicted molar refractivity (Wildman–Crippen MR) is 77.7 cm³/mol. The van der Waals surface area contributed by atoms with Crippen LogP contribution in [0.1, 0.15) is 23.2 Å². The smallest absolute Gasteiger partial charge is 0.252 e. The van der Waals surface area contributed by atoms with E-state index in [4.69, 9.17) is 5.73 Å². The maximum atomic E-state index is 13.2. The van der Waals surface area contributed by atoms with Crippen LogP contribution >= 0.6 is 15.9 Å². The van der Waals surface area contributed by atoms with Gasteiger partial charge in [-0.25, -0.2) is 12.8 Å². The summed E-state index contributed by atoms with van der Waals surface area (Å²) in [5.74, 6) is -0.847. The zero-order valence-electron chi connectivity index (χ0n) is 10.5. The maximum absolute atomic E-state index is 13.2. The van der Waals surface area contributed by atoms with Crippen LogP contribution in [0.4, 0.5) is 10.1 Å². The number of hydrogen-bond acceptors (Lipinski definition) is 4. The van der Waals surface area contributed by atoms with Crippen molar-refractivity contribution in [3.63, 3.8) is 0 Å². The van der Waals surface area contributed by atoms with Crippen LogP contribution in [-0.4, -0.2) is 31.9 Å². The Labute approximate surface area is 124 Å². The number of anilines is 1. The van der Waals surface area contributed by atoms with E-state index in [2.05, 4.69) is 21.2 Å². The summed E-state index contributed by atoms with van der Waals surface area (Å²) in [6.45, 7) is 0. The second-order valence-electron chi connectivity index (χ2n) is 4.75. The number of rotatable bonds is 2. The van der Waals surface area contributed by atoms with E-state index in [0.29, 0.717) is 17.3 Å². The summed E-state index contributed by atoms with van der Waals surface area (Å²) in [5, 5.41) is 2.75. The number of carbonyl (C=O) groups excluding carboxylic acids is 1. The van der Waals surface area contributed by atoms with Gasteiger partial charge in [0.25, 0.3) is 5.91 Å². The van der Waals surface area contributed by atoms with Crippen molar-refractivity contribution in [2.45, 2.75) is 18.9 Å². The van der Waals surface area contributed by atoms with Crippen LogP contribution in [0.3, 0.4) is 0 Å². The molecule has 1 aromatic carbocycles. The summed E-state index contributed by atoms with van der Waals surface area (Å²) in [6, 6.07) is 2.20. The minimum atomic E-state index is -2.97. The minimum absolute atomic E-state index is 0.0741. The fourth-order valence-corrected chi connectivity index (χ4v) is 4.02. The van der Waals surface area contributed by atoms with Gasteiger partial charge in [0.15, 0.2) is 0 Å². The highest BCUT2D eigenvalue weighted by atomic mass is 79.9. The normalized spacial score (nSPS) is 18.7. The largest absolute Gasteiger partial charge is 0.396 e. The molecule has 110 valence electrons. The molecule has 1 aromatic rings. The van der Waals surface area contributed by atoms with E-state index in [1.165, 1.54) is 6.07 Å². The van der Waals surface area contributed by atoms with Crippen LogP contribution in [0.5, 0.6) is 0 Å². The third-order valence-electron chi connectivity index (χ3n) is 3.22. The number of halogens is 2. The molecular weight excluding hydrogens is 351 g/mol. The molecule has 0 aliphatic carbocycles. The van der Waals surface area contributed by atoms with Crippen LogP contribution in [0, 0.1) is 5.82 Å². The number of benzene rings is 1. The first-order valence-corrected chi connectivity index (χ1v) is 8.66. The first-order valence-electron chi connectivity index (χ1n) is 6.04. The minimum Gasteiger partial charge on any atom is -0.396 e. The zero-order chi connectivity index (χ0) is 14.9. The quantitative estimate of drug-likeness (QED) is 0.777. The van der Waals surface area contributed by atoms with E-state index in [1.807, 2.05) is 0 Å². The Hall–Kier alpha value is -1.15. The second kappa shape index (κ2) is 5.69. The highest BCUT2D eigenvalue weighted by molar-refractivity contribution is 9.10. The van der Waals surface area contributed by atoms with Gasteiger partial charge in [-0.3, -0.25) is 4.79 Å². The third kappa shape index (κ3) is 3.49. The average Bonchev–Trinajstić information content (AvgIpc) is 2.36. The number of nitrogens with one attached hydrogen (secondary N) is 1. The van der Waals surface area contributed by atoms with Gasteiger partial charge in [-0.15, -0.1) is 0 Å². The van der Waals surface area contributed by atoms with Crippen LogP contribution in [0.25, 0.3) is 0 Å². The van der Waals surface area contributed by atoms with E-state index >= 15 is 0 Å². The lowest BCUT2D eigenvalue weighted by Gasteiger charge is -2.23. The molecule has 1 heterocycles. The number of amides is 1. The molecule has 0 radical (unpaired) electrons. The highest BCUT2D eigenvalue weighted by Gasteiger charge is 2.25. The average molecular weight is 365 g/mol. The molecule has 1 fully saturated rings. The van der Waals surface area contributed by atoms with Gasteiger partial charge in [0, 0.05) is 10.5 Å². The maximum Gasteiger partial charge on any atom is 0.252 e. The van der Waals surface area contributed by atoms with Crippen molar-refractivity contribution in [2.75, 3.05) is 17.2 Å². The molecule has 20 heavy (non-hydrogen) atoms. The topological polar surface area (TPSA) is 89.3 Å². The van der Waals surface area contributed by atoms with Crippen molar-refractivity contribution in [1.82, 2.24) is 5.32 Å². The molecule has 3 N–H and O–H groups in total. The number of sulfone groups is 1. The van der Waals surface area contributed by atoms with Crippen LogP contribution in [-0.2, 0) is 9.84 Å². The fraction of sp³-hybridized carbons (Fsp3) is 0.417. The van der Waals surface area contributed by atoms with Crippen molar-refractivity contribution >= 4 is 37.4 Å². The summed E-state index contributed by atoms with van der Waals surface area (Å²) in [4.78, 5) is 12.1. The van der Waals surface area contributed by atoms with Crippen molar-refractivity contribution in [2.24, 2.45) is 0 Å². The van der Waals surface area contributed by atoms with Crippen LogP contribution in [0.15, 0.2) is 16.6 Å². The summed E-state index contributed by atoms with van der Waals surface area (Å²) >= 11 is 3.11. The van der Waals surface area contributed by atoms with E-state index in [9.17, 15) is 17.6 Å². The molecule has 5 nitrogen and oxygen atoms in total. The van der Waals surface area contributed by atoms with Gasteiger partial charge in [0.2, 0.25) is 0 Å². The molecular formula is C12H14BrFN2O3S. The molecule has 2 rings (SSSR count). The fourth-order valence-electron chi connectivity index (χ4n) is 2.04.